The lowest BCUT2D eigenvalue weighted by molar-refractivity contribution is -0.137. The second-order valence-electron chi connectivity index (χ2n) is 7.98. The Hall–Kier alpha value is -4.14. The number of aliphatic hydroxyl groups is 1. The molecule has 0 spiro atoms. The average Bonchev–Trinajstić information content (AvgIpc) is 3.08. The van der Waals surface area contributed by atoms with E-state index in [2.05, 4.69) is 0 Å². The molecule has 1 heterocycles. The molecular weight excluding hydrogens is 466 g/mol. The monoisotopic (exact) mass is 485 g/mol. The van der Waals surface area contributed by atoms with Crippen LogP contribution in [0.5, 0.6) is 5.75 Å². The Bertz CT molecular complexity index is 1360. The fraction of sp³-hybridized carbons (Fsp3) is 0.154. The minimum atomic E-state index is -4.68. The molecule has 0 aliphatic carbocycles. The maximum absolute atomic E-state index is 14.0. The van der Waals surface area contributed by atoms with Crippen molar-refractivity contribution in [3.63, 3.8) is 0 Å². The van der Waals surface area contributed by atoms with E-state index in [1.54, 1.807) is 31.2 Å². The van der Waals surface area contributed by atoms with Crippen LogP contribution in [0.3, 0.4) is 0 Å². The summed E-state index contributed by atoms with van der Waals surface area (Å²) in [7, 11) is 1.28. The van der Waals surface area contributed by atoms with Crippen LogP contribution in [-0.2, 0) is 15.8 Å². The van der Waals surface area contributed by atoms with Crippen LogP contribution in [0.15, 0.2) is 72.3 Å². The van der Waals surface area contributed by atoms with Crippen LogP contribution in [0.2, 0.25) is 0 Å². The molecule has 9 heteroatoms. The van der Waals surface area contributed by atoms with Crippen molar-refractivity contribution in [1.82, 2.24) is 0 Å². The lowest BCUT2D eigenvalue weighted by atomic mass is 9.94. The number of nitrogens with zero attached hydrogens (tertiary/aromatic N) is 1. The van der Waals surface area contributed by atoms with Crippen molar-refractivity contribution in [2.24, 2.45) is 0 Å². The number of hydrogen-bond donors (Lipinski definition) is 1. The van der Waals surface area contributed by atoms with Crippen LogP contribution in [0.4, 0.5) is 23.2 Å². The van der Waals surface area contributed by atoms with Gasteiger partial charge in [-0.25, -0.2) is 4.39 Å². The highest BCUT2D eigenvalue weighted by molar-refractivity contribution is 6.51. The Balaban J connectivity index is 2.00. The van der Waals surface area contributed by atoms with Crippen LogP contribution in [0.25, 0.3) is 5.76 Å². The van der Waals surface area contributed by atoms with Crippen LogP contribution in [-0.4, -0.2) is 23.9 Å². The number of benzene rings is 3. The molecule has 0 aromatic heterocycles. The largest absolute Gasteiger partial charge is 0.507 e. The number of carbonyl (C=O) groups is 2. The molecule has 3 aromatic carbocycles. The molecule has 35 heavy (non-hydrogen) atoms. The van der Waals surface area contributed by atoms with Gasteiger partial charge in [0.05, 0.1) is 29.9 Å². The number of hydrogen-bond acceptors (Lipinski definition) is 4. The number of ether oxygens (including phenoxy) is 1. The van der Waals surface area contributed by atoms with E-state index in [9.17, 15) is 32.3 Å². The molecule has 0 radical (unpaired) electrons. The fourth-order valence-electron chi connectivity index (χ4n) is 4.10. The minimum absolute atomic E-state index is 0.0390. The molecule has 3 aromatic rings. The predicted octanol–water partition coefficient (Wildman–Crippen LogP) is 5.79. The van der Waals surface area contributed by atoms with Gasteiger partial charge in [-0.15, -0.1) is 0 Å². The Morgan fingerprint density at radius 3 is 2.37 bits per heavy atom. The number of Topliss-reactive ketones (excluding diaryl/α,β-unsaturated/α-hetero) is 1. The smallest absolute Gasteiger partial charge is 0.416 e. The molecular formula is C26H19F4NO4. The summed E-state index contributed by atoms with van der Waals surface area (Å²) in [6.07, 6.45) is -4.68. The predicted molar refractivity (Wildman–Crippen MR) is 120 cm³/mol. The summed E-state index contributed by atoms with van der Waals surface area (Å²) in [5, 5.41) is 11.1. The maximum Gasteiger partial charge on any atom is 0.416 e. The second kappa shape index (κ2) is 8.90. The molecule has 180 valence electrons. The van der Waals surface area contributed by atoms with Gasteiger partial charge in [0, 0.05) is 5.69 Å². The first kappa shape index (κ1) is 24.0. The summed E-state index contributed by atoms with van der Waals surface area (Å²) < 4.78 is 59.3. The van der Waals surface area contributed by atoms with E-state index in [4.69, 9.17) is 4.74 Å². The molecule has 1 aliphatic rings. The molecule has 0 saturated carbocycles. The summed E-state index contributed by atoms with van der Waals surface area (Å²) in [4.78, 5) is 27.2. The van der Waals surface area contributed by atoms with Gasteiger partial charge in [-0.3, -0.25) is 14.5 Å². The summed E-state index contributed by atoms with van der Waals surface area (Å²) >= 11 is 0. The molecule has 0 bridgehead atoms. The van der Waals surface area contributed by atoms with E-state index >= 15 is 0 Å². The van der Waals surface area contributed by atoms with Crippen LogP contribution >= 0.6 is 0 Å². The van der Waals surface area contributed by atoms with E-state index in [1.807, 2.05) is 0 Å². The van der Waals surface area contributed by atoms with Crippen molar-refractivity contribution in [3.05, 3.63) is 100 Å². The zero-order valence-corrected chi connectivity index (χ0v) is 18.6. The van der Waals surface area contributed by atoms with Gasteiger partial charge in [0.25, 0.3) is 11.7 Å². The van der Waals surface area contributed by atoms with Crippen LogP contribution < -0.4 is 9.64 Å². The second-order valence-corrected chi connectivity index (χ2v) is 7.98. The Labute approximate surface area is 197 Å². The van der Waals surface area contributed by atoms with E-state index in [1.165, 1.54) is 19.2 Å². The van der Waals surface area contributed by atoms with Crippen molar-refractivity contribution in [2.75, 3.05) is 12.0 Å². The highest BCUT2D eigenvalue weighted by Gasteiger charge is 2.47. The number of aryl methyl sites for hydroxylation is 1. The van der Waals surface area contributed by atoms with Crippen molar-refractivity contribution in [3.8, 4) is 5.75 Å². The molecule has 1 amide bonds. The van der Waals surface area contributed by atoms with Gasteiger partial charge in [0.15, 0.2) is 0 Å². The summed E-state index contributed by atoms with van der Waals surface area (Å²) in [6.45, 7) is 1.76. The molecule has 1 fully saturated rings. The first-order valence-corrected chi connectivity index (χ1v) is 10.4. The Kier molecular flexibility index (Phi) is 6.10. The Morgan fingerprint density at radius 1 is 1.00 bits per heavy atom. The average molecular weight is 485 g/mol. The number of ketones is 1. The van der Waals surface area contributed by atoms with E-state index in [0.717, 1.165) is 40.8 Å². The van der Waals surface area contributed by atoms with Crippen LogP contribution in [0, 0.1) is 12.7 Å². The molecule has 1 atom stereocenters. The van der Waals surface area contributed by atoms with Crippen molar-refractivity contribution >= 4 is 23.1 Å². The normalized spacial score (nSPS) is 17.7. The number of aliphatic hydroxyl groups excluding tert-OH is 1. The van der Waals surface area contributed by atoms with Gasteiger partial charge in [0.2, 0.25) is 0 Å². The van der Waals surface area contributed by atoms with Gasteiger partial charge >= 0.3 is 6.18 Å². The van der Waals surface area contributed by atoms with Crippen molar-refractivity contribution < 1.29 is 37.0 Å². The molecule has 1 aliphatic heterocycles. The zero-order chi connectivity index (χ0) is 25.5. The number of anilines is 1. The summed E-state index contributed by atoms with van der Waals surface area (Å²) in [6, 6.07) is 12.7. The Morgan fingerprint density at radius 2 is 1.71 bits per heavy atom. The minimum Gasteiger partial charge on any atom is -0.507 e. The number of carbonyl (C=O) groups excluding carboxylic acids is 2. The van der Waals surface area contributed by atoms with Gasteiger partial charge in [-0.05, 0) is 48.9 Å². The van der Waals surface area contributed by atoms with Gasteiger partial charge in [-0.1, -0.05) is 35.9 Å². The molecule has 1 N–H and O–H groups in total. The first-order chi connectivity index (χ1) is 16.5. The van der Waals surface area contributed by atoms with E-state index in [-0.39, 0.29) is 17.0 Å². The number of halogens is 4. The lowest BCUT2D eigenvalue weighted by Gasteiger charge is -2.26. The van der Waals surface area contributed by atoms with E-state index in [0.29, 0.717) is 5.56 Å². The molecule has 5 nitrogen and oxygen atoms in total. The third-order valence-electron chi connectivity index (χ3n) is 5.67. The van der Waals surface area contributed by atoms with E-state index < -0.39 is 46.6 Å². The third kappa shape index (κ3) is 4.37. The zero-order valence-electron chi connectivity index (χ0n) is 18.6. The number of amides is 1. The summed E-state index contributed by atoms with van der Waals surface area (Å²) in [5.74, 6) is -3.66. The number of methoxy groups -OCH3 is 1. The molecule has 1 saturated heterocycles. The number of rotatable bonds is 4. The SMILES string of the molecule is COc1ccc(F)cc1/C(O)=C1\C(=O)C(=O)N(c2cccc(C(F)(F)F)c2)C1c1cccc(C)c1. The van der Waals surface area contributed by atoms with Gasteiger partial charge < -0.3 is 9.84 Å². The van der Waals surface area contributed by atoms with Gasteiger partial charge in [0.1, 0.15) is 17.3 Å². The fourth-order valence-corrected chi connectivity index (χ4v) is 4.10. The highest BCUT2D eigenvalue weighted by Crippen LogP contribution is 2.44. The lowest BCUT2D eigenvalue weighted by Crippen LogP contribution is -2.29. The van der Waals surface area contributed by atoms with Crippen LogP contribution in [0.1, 0.15) is 28.3 Å². The van der Waals surface area contributed by atoms with Crippen molar-refractivity contribution in [1.29, 1.82) is 0 Å². The molecule has 1 unspecified atom stereocenters. The number of alkyl halides is 3. The molecule has 4 rings (SSSR count). The highest BCUT2D eigenvalue weighted by atomic mass is 19.4. The third-order valence-corrected chi connectivity index (χ3v) is 5.67. The quantitative estimate of drug-likeness (QED) is 0.220. The topological polar surface area (TPSA) is 66.8 Å². The van der Waals surface area contributed by atoms with Gasteiger partial charge in [-0.2, -0.15) is 13.2 Å². The summed E-state index contributed by atoms with van der Waals surface area (Å²) in [5.41, 5.74) is -0.640. The standard InChI is InChI=1S/C26H19F4NO4/c1-14-5-3-6-15(11-14)22-21(23(32)19-13-17(27)9-10-20(19)35-2)24(33)25(34)31(22)18-8-4-7-16(12-18)26(28,29)30/h3-13,22,32H,1-2H3/b23-21+. The first-order valence-electron chi connectivity index (χ1n) is 10.4. The van der Waals surface area contributed by atoms with Crippen molar-refractivity contribution in [2.45, 2.75) is 19.1 Å². The maximum atomic E-state index is 14.0.